The molecule has 1 aliphatic heterocycles. The fraction of sp³-hybridized carbons (Fsp3) is 0.368. The lowest BCUT2D eigenvalue weighted by atomic mass is 10.0. The molecule has 1 aliphatic rings. The molecule has 10 heteroatoms. The number of benzene rings is 1. The van der Waals surface area contributed by atoms with Crippen molar-refractivity contribution in [2.24, 2.45) is 0 Å². The third-order valence-corrected chi connectivity index (χ3v) is 4.53. The first-order valence-electron chi connectivity index (χ1n) is 8.84. The number of nitrogens with one attached hydrogen (secondary N) is 1. The summed E-state index contributed by atoms with van der Waals surface area (Å²) in [6.07, 6.45) is -3.71. The molecule has 1 saturated heterocycles. The summed E-state index contributed by atoms with van der Waals surface area (Å²) in [5, 5.41) is 13.0. The van der Waals surface area contributed by atoms with Crippen LogP contribution in [0.2, 0.25) is 0 Å². The van der Waals surface area contributed by atoms with Crippen molar-refractivity contribution in [3.63, 3.8) is 0 Å². The number of nitrogens with zero attached hydrogens (tertiary/aromatic N) is 2. The number of carbonyl (C=O) groups excluding carboxylic acids is 1. The minimum Gasteiger partial charge on any atom is -0.403 e. The highest BCUT2D eigenvalue weighted by Gasteiger charge is 2.32. The second-order valence-corrected chi connectivity index (χ2v) is 6.70. The van der Waals surface area contributed by atoms with Crippen molar-refractivity contribution in [3.05, 3.63) is 42.3 Å². The number of aromatic nitrogens is 1. The Labute approximate surface area is 164 Å². The molecule has 2 atom stereocenters. The van der Waals surface area contributed by atoms with Crippen molar-refractivity contribution in [2.45, 2.75) is 31.9 Å². The van der Waals surface area contributed by atoms with Gasteiger partial charge in [0, 0.05) is 37.5 Å². The summed E-state index contributed by atoms with van der Waals surface area (Å²) in [7, 11) is 0. The van der Waals surface area contributed by atoms with Gasteiger partial charge in [-0.2, -0.15) is 0 Å². The normalized spacial score (nSPS) is 19.7. The topological polar surface area (TPSA) is 74.7 Å². The van der Waals surface area contributed by atoms with Gasteiger partial charge in [-0.1, -0.05) is 0 Å². The SMILES string of the molecule is CC(=O)N[C@@H]1CCN(c2ccnc(-c3ccc(OC(F)(F)F)c(F)c3)c2)C[C@H]1O. The number of pyridine rings is 1. The second kappa shape index (κ2) is 8.24. The summed E-state index contributed by atoms with van der Waals surface area (Å²) in [4.78, 5) is 17.2. The Hall–Kier alpha value is -2.88. The van der Waals surface area contributed by atoms with Crippen LogP contribution in [-0.4, -0.2) is 47.6 Å². The van der Waals surface area contributed by atoms with Gasteiger partial charge >= 0.3 is 6.36 Å². The molecule has 1 aromatic carbocycles. The molecule has 3 rings (SSSR count). The van der Waals surface area contributed by atoms with Gasteiger partial charge in [0.05, 0.1) is 17.8 Å². The molecule has 0 bridgehead atoms. The molecule has 2 heterocycles. The van der Waals surface area contributed by atoms with E-state index in [9.17, 15) is 27.5 Å². The molecule has 0 spiro atoms. The van der Waals surface area contributed by atoms with Gasteiger partial charge in [0.2, 0.25) is 5.91 Å². The Balaban J connectivity index is 1.77. The van der Waals surface area contributed by atoms with Gasteiger partial charge in [-0.15, -0.1) is 13.2 Å². The van der Waals surface area contributed by atoms with Gasteiger partial charge in [0.15, 0.2) is 11.6 Å². The number of rotatable bonds is 4. The maximum absolute atomic E-state index is 14.0. The summed E-state index contributed by atoms with van der Waals surface area (Å²) >= 11 is 0. The number of hydrogen-bond acceptors (Lipinski definition) is 5. The first-order valence-corrected chi connectivity index (χ1v) is 8.84. The largest absolute Gasteiger partial charge is 0.573 e. The van der Waals surface area contributed by atoms with Crippen molar-refractivity contribution in [1.29, 1.82) is 0 Å². The maximum atomic E-state index is 14.0. The van der Waals surface area contributed by atoms with Crippen LogP contribution in [0.4, 0.5) is 23.2 Å². The molecule has 156 valence electrons. The van der Waals surface area contributed by atoms with E-state index in [-0.39, 0.29) is 24.1 Å². The zero-order chi connectivity index (χ0) is 21.2. The Kier molecular flexibility index (Phi) is 5.92. The van der Waals surface area contributed by atoms with E-state index in [1.54, 1.807) is 12.1 Å². The molecular formula is C19H19F4N3O3. The molecule has 1 fully saturated rings. The van der Waals surface area contributed by atoms with Gasteiger partial charge in [-0.25, -0.2) is 4.39 Å². The lowest BCUT2D eigenvalue weighted by Crippen LogP contribution is -2.53. The van der Waals surface area contributed by atoms with Crippen LogP contribution in [0.3, 0.4) is 0 Å². The molecule has 1 aromatic heterocycles. The van der Waals surface area contributed by atoms with E-state index in [1.165, 1.54) is 19.2 Å². The van der Waals surface area contributed by atoms with E-state index < -0.39 is 24.0 Å². The summed E-state index contributed by atoms with van der Waals surface area (Å²) in [5.74, 6) is -2.28. The summed E-state index contributed by atoms with van der Waals surface area (Å²) in [6.45, 7) is 2.23. The number of hydrogen-bond donors (Lipinski definition) is 2. The standard InChI is InChI=1S/C19H19F4N3O3/c1-11(27)25-15-5-7-26(10-17(15)28)13-4-6-24-16(9-13)12-2-3-18(14(20)8-12)29-19(21,22)23/h2-4,6,8-9,15,17,28H,5,7,10H2,1H3,(H,25,27)/t15-,17-/m1/s1. The summed E-state index contributed by atoms with van der Waals surface area (Å²) < 4.78 is 54.5. The minimum atomic E-state index is -4.98. The molecule has 2 N–H and O–H groups in total. The number of aliphatic hydroxyl groups is 1. The number of anilines is 1. The van der Waals surface area contributed by atoms with Gasteiger partial charge < -0.3 is 20.1 Å². The maximum Gasteiger partial charge on any atom is 0.573 e. The Bertz CT molecular complexity index is 891. The fourth-order valence-electron chi connectivity index (χ4n) is 3.24. The second-order valence-electron chi connectivity index (χ2n) is 6.70. The van der Waals surface area contributed by atoms with Crippen LogP contribution in [0, 0.1) is 5.82 Å². The zero-order valence-electron chi connectivity index (χ0n) is 15.4. The summed E-state index contributed by atoms with van der Waals surface area (Å²) in [5.41, 5.74) is 1.36. The van der Waals surface area contributed by atoms with Gasteiger partial charge in [-0.05, 0) is 36.8 Å². The first-order chi connectivity index (χ1) is 13.6. The smallest absolute Gasteiger partial charge is 0.403 e. The molecule has 0 saturated carbocycles. The number of carbonyl (C=O) groups is 1. The van der Waals surface area contributed by atoms with E-state index in [0.29, 0.717) is 24.3 Å². The van der Waals surface area contributed by atoms with Crippen LogP contribution < -0.4 is 15.0 Å². The number of piperidine rings is 1. The van der Waals surface area contributed by atoms with E-state index in [0.717, 1.165) is 12.1 Å². The highest BCUT2D eigenvalue weighted by Crippen LogP contribution is 2.30. The van der Waals surface area contributed by atoms with Crippen LogP contribution in [-0.2, 0) is 4.79 Å². The molecule has 0 unspecified atom stereocenters. The van der Waals surface area contributed by atoms with Gasteiger partial charge in [0.25, 0.3) is 0 Å². The number of β-amino-alcohol motifs (C(OH)–C–C–N with tert-alkyl or cyclic N) is 1. The summed E-state index contributed by atoms with van der Waals surface area (Å²) in [6, 6.07) is 6.14. The van der Waals surface area contributed by atoms with Crippen molar-refractivity contribution in [2.75, 3.05) is 18.0 Å². The van der Waals surface area contributed by atoms with Crippen molar-refractivity contribution < 1.29 is 32.2 Å². The van der Waals surface area contributed by atoms with E-state index in [2.05, 4.69) is 15.0 Å². The van der Waals surface area contributed by atoms with Crippen molar-refractivity contribution in [3.8, 4) is 17.0 Å². The predicted octanol–water partition coefficient (Wildman–Crippen LogP) is 2.86. The Morgan fingerprint density at radius 3 is 2.69 bits per heavy atom. The van der Waals surface area contributed by atoms with Gasteiger partial charge in [-0.3, -0.25) is 9.78 Å². The number of ether oxygens (including phenoxy) is 1. The molecule has 2 aromatic rings. The lowest BCUT2D eigenvalue weighted by molar-refractivity contribution is -0.275. The fourth-order valence-corrected chi connectivity index (χ4v) is 3.24. The van der Waals surface area contributed by atoms with E-state index >= 15 is 0 Å². The van der Waals surface area contributed by atoms with Crippen molar-refractivity contribution >= 4 is 11.6 Å². The average molecular weight is 413 g/mol. The molecular weight excluding hydrogens is 394 g/mol. The zero-order valence-corrected chi connectivity index (χ0v) is 15.4. The van der Waals surface area contributed by atoms with Crippen LogP contribution in [0.15, 0.2) is 36.5 Å². The van der Waals surface area contributed by atoms with Crippen LogP contribution in [0.25, 0.3) is 11.3 Å². The number of alkyl halides is 3. The molecule has 0 aliphatic carbocycles. The van der Waals surface area contributed by atoms with Crippen LogP contribution in [0.1, 0.15) is 13.3 Å². The van der Waals surface area contributed by atoms with E-state index in [1.807, 2.05) is 4.90 Å². The van der Waals surface area contributed by atoms with Crippen LogP contribution in [0.5, 0.6) is 5.75 Å². The lowest BCUT2D eigenvalue weighted by Gasteiger charge is -2.37. The molecule has 0 radical (unpaired) electrons. The predicted molar refractivity (Wildman–Crippen MR) is 96.8 cm³/mol. The number of halogens is 4. The highest BCUT2D eigenvalue weighted by atomic mass is 19.4. The minimum absolute atomic E-state index is 0.214. The third kappa shape index (κ3) is 5.35. The highest BCUT2D eigenvalue weighted by molar-refractivity contribution is 5.73. The monoisotopic (exact) mass is 413 g/mol. The van der Waals surface area contributed by atoms with Crippen molar-refractivity contribution in [1.82, 2.24) is 10.3 Å². The first kappa shape index (κ1) is 20.8. The average Bonchev–Trinajstić information content (AvgIpc) is 2.64. The van der Waals surface area contributed by atoms with E-state index in [4.69, 9.17) is 0 Å². The van der Waals surface area contributed by atoms with Gasteiger partial charge in [0.1, 0.15) is 0 Å². The quantitative estimate of drug-likeness (QED) is 0.754. The number of aliphatic hydroxyl groups excluding tert-OH is 1. The molecule has 29 heavy (non-hydrogen) atoms. The van der Waals surface area contributed by atoms with Crippen LogP contribution >= 0.6 is 0 Å². The third-order valence-electron chi connectivity index (χ3n) is 4.53. The Morgan fingerprint density at radius 1 is 1.31 bits per heavy atom. The number of amides is 1. The Morgan fingerprint density at radius 2 is 2.07 bits per heavy atom. The molecule has 6 nitrogen and oxygen atoms in total. The molecule has 1 amide bonds.